The molecule has 0 fully saturated rings. The highest BCUT2D eigenvalue weighted by Gasteiger charge is 2.04. The molecule has 1 N–H and O–H groups in total. The topological polar surface area (TPSA) is 37.8 Å². The molecule has 0 spiro atoms. The van der Waals surface area contributed by atoms with E-state index < -0.39 is 0 Å². The van der Waals surface area contributed by atoms with E-state index in [9.17, 15) is 4.39 Å². The molecule has 2 rings (SSSR count). The number of hydrogen-bond acceptors (Lipinski definition) is 3. The van der Waals surface area contributed by atoms with Crippen molar-refractivity contribution in [1.29, 1.82) is 0 Å². The maximum absolute atomic E-state index is 13.7. The molecule has 0 radical (unpaired) electrons. The van der Waals surface area contributed by atoms with E-state index in [1.165, 1.54) is 18.8 Å². The predicted octanol–water partition coefficient (Wildman–Crippen LogP) is 5.04. The van der Waals surface area contributed by atoms with Crippen LogP contribution in [0, 0.1) is 5.82 Å². The van der Waals surface area contributed by atoms with Crippen molar-refractivity contribution in [2.24, 2.45) is 0 Å². The summed E-state index contributed by atoms with van der Waals surface area (Å²) in [5.41, 5.74) is 1.29. The summed E-state index contributed by atoms with van der Waals surface area (Å²) in [6, 6.07) is 6.49. The summed E-state index contributed by atoms with van der Waals surface area (Å²) in [7, 11) is 0. The Hall–Kier alpha value is -1.39. The minimum atomic E-state index is -0.291. The molecule has 0 saturated heterocycles. The van der Waals surface area contributed by atoms with Gasteiger partial charge in [0.1, 0.15) is 23.1 Å². The van der Waals surface area contributed by atoms with Crippen LogP contribution in [0.3, 0.4) is 0 Å². The van der Waals surface area contributed by atoms with Gasteiger partial charge in [-0.3, -0.25) is 0 Å². The molecule has 0 unspecified atom stereocenters. The van der Waals surface area contributed by atoms with Crippen LogP contribution in [-0.4, -0.2) is 9.97 Å². The van der Waals surface area contributed by atoms with E-state index in [2.05, 4.69) is 29.1 Å². The van der Waals surface area contributed by atoms with Gasteiger partial charge in [0.25, 0.3) is 0 Å². The lowest BCUT2D eigenvalue weighted by atomic mass is 10.1. The van der Waals surface area contributed by atoms with E-state index in [1.807, 2.05) is 0 Å². The first kappa shape index (κ1) is 17.7. The van der Waals surface area contributed by atoms with Crippen LogP contribution >= 0.6 is 23.2 Å². The van der Waals surface area contributed by atoms with Crippen molar-refractivity contribution in [2.75, 3.05) is 5.32 Å². The molecule has 0 bridgehead atoms. The number of halogens is 3. The van der Waals surface area contributed by atoms with Crippen molar-refractivity contribution in [3.05, 3.63) is 52.7 Å². The summed E-state index contributed by atoms with van der Waals surface area (Å²) < 4.78 is 13.7. The van der Waals surface area contributed by atoms with Gasteiger partial charge >= 0.3 is 0 Å². The summed E-state index contributed by atoms with van der Waals surface area (Å²) in [4.78, 5) is 7.73. The molecule has 0 aliphatic heterocycles. The Bertz CT molecular complexity index is 564. The number of nitrogens with zero attached hydrogens (tertiary/aromatic N) is 2. The maximum Gasteiger partial charge on any atom is 0.134 e. The number of anilines is 1. The third-order valence-corrected chi connectivity index (χ3v) is 2.88. The number of benzene rings is 1. The van der Waals surface area contributed by atoms with Gasteiger partial charge in [0, 0.05) is 24.1 Å². The minimum absolute atomic E-state index is 0.291. The maximum atomic E-state index is 13.7. The first-order valence-corrected chi connectivity index (χ1v) is 7.56. The molecule has 21 heavy (non-hydrogen) atoms. The van der Waals surface area contributed by atoms with Crippen LogP contribution < -0.4 is 5.32 Å². The van der Waals surface area contributed by atoms with Crippen LogP contribution in [0.15, 0.2) is 30.6 Å². The lowest BCUT2D eigenvalue weighted by molar-refractivity contribution is 0.611. The monoisotopic (exact) mass is 329 g/mol. The van der Waals surface area contributed by atoms with E-state index >= 15 is 0 Å². The average molecular weight is 330 g/mol. The molecule has 0 aliphatic carbocycles. The SMILES string of the molecule is CCC.Fc1cc(CCl)ccc1CNc1cc(Cl)ncn1. The van der Waals surface area contributed by atoms with Crippen molar-refractivity contribution < 1.29 is 4.39 Å². The quantitative estimate of drug-likeness (QED) is 0.631. The van der Waals surface area contributed by atoms with Crippen LogP contribution in [0.1, 0.15) is 31.4 Å². The van der Waals surface area contributed by atoms with Gasteiger partial charge in [-0.25, -0.2) is 14.4 Å². The van der Waals surface area contributed by atoms with E-state index in [0.29, 0.717) is 29.0 Å². The summed E-state index contributed by atoms with van der Waals surface area (Å²) in [5, 5.41) is 3.31. The van der Waals surface area contributed by atoms with Gasteiger partial charge in [-0.15, -0.1) is 11.6 Å². The molecular formula is C15H18Cl2FN3. The Morgan fingerprint density at radius 2 is 1.90 bits per heavy atom. The Balaban J connectivity index is 0.000000677. The van der Waals surface area contributed by atoms with Gasteiger partial charge < -0.3 is 5.32 Å². The van der Waals surface area contributed by atoms with Gasteiger partial charge in [0.15, 0.2) is 0 Å². The molecule has 1 heterocycles. The molecule has 0 atom stereocenters. The smallest absolute Gasteiger partial charge is 0.134 e. The highest BCUT2D eigenvalue weighted by molar-refractivity contribution is 6.29. The van der Waals surface area contributed by atoms with Gasteiger partial charge in [0.2, 0.25) is 0 Å². The van der Waals surface area contributed by atoms with E-state index in [1.54, 1.807) is 18.2 Å². The number of aromatic nitrogens is 2. The van der Waals surface area contributed by atoms with Crippen LogP contribution in [0.5, 0.6) is 0 Å². The lowest BCUT2D eigenvalue weighted by Crippen LogP contribution is -2.04. The minimum Gasteiger partial charge on any atom is -0.366 e. The van der Waals surface area contributed by atoms with Crippen molar-refractivity contribution in [3.8, 4) is 0 Å². The fourth-order valence-electron chi connectivity index (χ4n) is 1.43. The summed E-state index contributed by atoms with van der Waals surface area (Å²) in [6.07, 6.45) is 2.59. The third-order valence-electron chi connectivity index (χ3n) is 2.37. The Morgan fingerprint density at radius 1 is 1.19 bits per heavy atom. The third kappa shape index (κ3) is 6.27. The first-order chi connectivity index (χ1) is 10.1. The van der Waals surface area contributed by atoms with Gasteiger partial charge in [-0.2, -0.15) is 0 Å². The molecule has 0 aliphatic rings. The van der Waals surface area contributed by atoms with E-state index in [0.717, 1.165) is 5.56 Å². The molecule has 1 aromatic heterocycles. The fraction of sp³-hybridized carbons (Fsp3) is 0.333. The van der Waals surface area contributed by atoms with Crippen LogP contribution in [0.25, 0.3) is 0 Å². The molecule has 0 saturated carbocycles. The lowest BCUT2D eigenvalue weighted by Gasteiger charge is -2.07. The highest BCUT2D eigenvalue weighted by atomic mass is 35.5. The Morgan fingerprint density at radius 3 is 2.48 bits per heavy atom. The molecule has 6 heteroatoms. The van der Waals surface area contributed by atoms with Crippen LogP contribution in [0.4, 0.5) is 10.2 Å². The van der Waals surface area contributed by atoms with Gasteiger partial charge in [0.05, 0.1) is 0 Å². The van der Waals surface area contributed by atoms with Crippen molar-refractivity contribution >= 4 is 29.0 Å². The standard InChI is InChI=1S/C12H10Cl2FN3.C3H8/c13-5-8-1-2-9(10(15)3-8)6-16-12-4-11(14)17-7-18-12;1-3-2/h1-4,7H,5-6H2,(H,16,17,18);3H2,1-2H3. The zero-order valence-electron chi connectivity index (χ0n) is 12.0. The number of alkyl halides is 1. The number of rotatable bonds is 4. The molecule has 0 amide bonds. The molecule has 3 nitrogen and oxygen atoms in total. The second kappa shape index (κ2) is 9.53. The Kier molecular flexibility index (Phi) is 8.01. The van der Waals surface area contributed by atoms with Crippen molar-refractivity contribution in [1.82, 2.24) is 9.97 Å². The largest absolute Gasteiger partial charge is 0.366 e. The van der Waals surface area contributed by atoms with Crippen molar-refractivity contribution in [3.63, 3.8) is 0 Å². The molecule has 2 aromatic rings. The van der Waals surface area contributed by atoms with Crippen LogP contribution in [0.2, 0.25) is 5.15 Å². The predicted molar refractivity (Wildman–Crippen MR) is 86.3 cm³/mol. The molecule has 114 valence electrons. The Labute approximate surface area is 134 Å². The zero-order chi connectivity index (χ0) is 15.7. The number of nitrogens with one attached hydrogen (secondary N) is 1. The average Bonchev–Trinajstić information content (AvgIpc) is 2.47. The highest BCUT2D eigenvalue weighted by Crippen LogP contribution is 2.15. The van der Waals surface area contributed by atoms with Gasteiger partial charge in [-0.05, 0) is 11.6 Å². The second-order valence-electron chi connectivity index (χ2n) is 4.35. The second-order valence-corrected chi connectivity index (χ2v) is 5.00. The molecule has 1 aromatic carbocycles. The summed E-state index contributed by atoms with van der Waals surface area (Å²) in [6.45, 7) is 4.57. The molecular weight excluding hydrogens is 312 g/mol. The van der Waals surface area contributed by atoms with Crippen LogP contribution in [-0.2, 0) is 12.4 Å². The normalized spacial score (nSPS) is 9.76. The zero-order valence-corrected chi connectivity index (χ0v) is 13.5. The summed E-state index contributed by atoms with van der Waals surface area (Å²) in [5.74, 6) is 0.559. The number of hydrogen-bond donors (Lipinski definition) is 1. The van der Waals surface area contributed by atoms with E-state index in [4.69, 9.17) is 23.2 Å². The van der Waals surface area contributed by atoms with E-state index in [-0.39, 0.29) is 5.82 Å². The van der Waals surface area contributed by atoms with Crippen molar-refractivity contribution in [2.45, 2.75) is 32.7 Å². The van der Waals surface area contributed by atoms with Gasteiger partial charge in [-0.1, -0.05) is 44.0 Å². The first-order valence-electron chi connectivity index (χ1n) is 6.65. The summed E-state index contributed by atoms with van der Waals surface area (Å²) >= 11 is 11.3. The fourth-order valence-corrected chi connectivity index (χ4v) is 1.75.